The van der Waals surface area contributed by atoms with Gasteiger partial charge in [0.25, 0.3) is 0 Å². The van der Waals surface area contributed by atoms with Crippen LogP contribution in [-0.4, -0.2) is 20.8 Å². The van der Waals surface area contributed by atoms with Gasteiger partial charge in [-0.15, -0.1) is 0 Å². The Morgan fingerprint density at radius 2 is 1.93 bits per heavy atom. The molecule has 3 aromatic rings. The average Bonchev–Trinajstić information content (AvgIpc) is 2.95. The third-order valence-electron chi connectivity index (χ3n) is 5.02. The number of halogens is 1. The molecule has 2 amide bonds. The number of carbonyl (C=O) groups excluding carboxylic acids is 1. The van der Waals surface area contributed by atoms with E-state index in [9.17, 15) is 15.0 Å². The second kappa shape index (κ2) is 7.05. The van der Waals surface area contributed by atoms with Crippen LogP contribution in [0.15, 0.2) is 40.6 Å². The third-order valence-corrected chi connectivity index (χ3v) is 6.70. The van der Waals surface area contributed by atoms with Crippen LogP contribution in [0.1, 0.15) is 23.6 Å². The zero-order valence-corrected chi connectivity index (χ0v) is 18.0. The summed E-state index contributed by atoms with van der Waals surface area (Å²) in [6.07, 6.45) is 2.69. The predicted octanol–water partition coefficient (Wildman–Crippen LogP) is 0.993. The first-order valence-electron chi connectivity index (χ1n) is 8.94. The zero-order valence-electron chi connectivity index (χ0n) is 15.8. The Morgan fingerprint density at radius 3 is 2.68 bits per heavy atom. The van der Waals surface area contributed by atoms with Crippen molar-refractivity contribution in [3.05, 3.63) is 57.3 Å². The number of anilines is 1. The van der Waals surface area contributed by atoms with Gasteiger partial charge in [0.15, 0.2) is 0 Å². The number of phenols is 2. The van der Waals surface area contributed by atoms with Gasteiger partial charge in [-0.1, -0.05) is 0 Å². The summed E-state index contributed by atoms with van der Waals surface area (Å²) in [6.45, 7) is 3.98. The number of aromatic hydroxyl groups is 2. The number of nitrogens with one attached hydrogen (secondary N) is 1. The van der Waals surface area contributed by atoms with Crippen molar-refractivity contribution >= 4 is 28.3 Å². The number of rotatable bonds is 3. The number of nitrogens with zero attached hydrogens (tertiary/aromatic N) is 2. The molecule has 0 saturated carbocycles. The molecule has 0 atom stereocenters. The quantitative estimate of drug-likeness (QED) is 0.379. The van der Waals surface area contributed by atoms with Crippen LogP contribution in [0, 0.1) is 6.92 Å². The van der Waals surface area contributed by atoms with Gasteiger partial charge in [-0.25, -0.2) is 0 Å². The van der Waals surface area contributed by atoms with Gasteiger partial charge in [-0.3, -0.25) is 0 Å². The van der Waals surface area contributed by atoms with Crippen LogP contribution in [-0.2, 0) is 13.5 Å². The van der Waals surface area contributed by atoms with E-state index < -0.39 is 21.5 Å². The molecule has 28 heavy (non-hydrogen) atoms. The fourth-order valence-corrected chi connectivity index (χ4v) is 5.16. The van der Waals surface area contributed by atoms with E-state index in [0.717, 1.165) is 27.7 Å². The molecule has 3 N–H and O–H groups in total. The number of aryl methyl sites for hydroxylation is 3. The monoisotopic (exact) mass is 490 g/mol. The van der Waals surface area contributed by atoms with Crippen LogP contribution < -0.4 is 29.9 Å². The SMILES string of the molecule is CCc1cc(C2=C[I-]NC(=O)N2c2ccc3c(c2)c(C)cn3C)c(O)cc1O. The zero-order chi connectivity index (χ0) is 20.0. The van der Waals surface area contributed by atoms with Gasteiger partial charge in [-0.2, -0.15) is 0 Å². The summed E-state index contributed by atoms with van der Waals surface area (Å²) >= 11 is -0.664. The molecule has 0 saturated heterocycles. The number of phenolic OH excluding ortho intramolecular Hbond substituents is 2. The number of hydrogen-bond acceptors (Lipinski definition) is 3. The summed E-state index contributed by atoms with van der Waals surface area (Å²) in [6, 6.07) is 8.82. The van der Waals surface area contributed by atoms with E-state index in [4.69, 9.17) is 0 Å². The molecule has 0 aliphatic carbocycles. The Morgan fingerprint density at radius 1 is 1.14 bits per heavy atom. The molecule has 0 spiro atoms. The van der Waals surface area contributed by atoms with Crippen molar-refractivity contribution in [1.29, 1.82) is 0 Å². The molecule has 6 nitrogen and oxygen atoms in total. The summed E-state index contributed by atoms with van der Waals surface area (Å²) in [4.78, 5) is 14.4. The first-order chi connectivity index (χ1) is 13.4. The molecular formula is C21H21IN3O3-. The molecule has 1 aromatic heterocycles. The first-order valence-corrected chi connectivity index (χ1v) is 11.3. The number of urea groups is 1. The van der Waals surface area contributed by atoms with Crippen molar-refractivity contribution in [1.82, 2.24) is 8.10 Å². The van der Waals surface area contributed by atoms with E-state index >= 15 is 0 Å². The number of amides is 2. The Balaban J connectivity index is 1.88. The van der Waals surface area contributed by atoms with E-state index in [1.165, 1.54) is 6.07 Å². The van der Waals surface area contributed by atoms with E-state index in [2.05, 4.69) is 14.3 Å². The molecular weight excluding hydrogens is 469 g/mol. The van der Waals surface area contributed by atoms with Gasteiger partial charge < -0.3 is 0 Å². The number of carbonyl (C=O) groups is 1. The Bertz CT molecular complexity index is 1130. The number of hydrogen-bond donors (Lipinski definition) is 3. The van der Waals surface area contributed by atoms with Gasteiger partial charge >= 0.3 is 174 Å². The molecule has 0 unspecified atom stereocenters. The normalized spacial score (nSPS) is 14.6. The van der Waals surface area contributed by atoms with Gasteiger partial charge in [0.05, 0.1) is 0 Å². The van der Waals surface area contributed by atoms with Gasteiger partial charge in [0, 0.05) is 0 Å². The van der Waals surface area contributed by atoms with Gasteiger partial charge in [0.2, 0.25) is 0 Å². The second-order valence-corrected chi connectivity index (χ2v) is 8.60. The molecule has 0 bridgehead atoms. The van der Waals surface area contributed by atoms with Crippen LogP contribution in [0.2, 0.25) is 0 Å². The summed E-state index contributed by atoms with van der Waals surface area (Å²) in [5.74, 6) is 0.0221. The van der Waals surface area contributed by atoms with E-state index in [-0.39, 0.29) is 17.5 Å². The number of fused-ring (bicyclic) bond motifs is 1. The van der Waals surface area contributed by atoms with Crippen molar-refractivity contribution < 1.29 is 36.5 Å². The summed E-state index contributed by atoms with van der Waals surface area (Å²) in [5, 5.41) is 21.6. The molecule has 4 rings (SSSR count). The van der Waals surface area contributed by atoms with Gasteiger partial charge in [-0.05, 0) is 0 Å². The predicted molar refractivity (Wildman–Crippen MR) is 106 cm³/mol. The van der Waals surface area contributed by atoms with Crippen LogP contribution >= 0.6 is 0 Å². The fourth-order valence-electron chi connectivity index (χ4n) is 3.59. The topological polar surface area (TPSA) is 77.7 Å². The molecule has 2 heterocycles. The van der Waals surface area contributed by atoms with Crippen molar-refractivity contribution in [3.8, 4) is 11.5 Å². The maximum atomic E-state index is 12.8. The molecule has 0 fully saturated rings. The Hall–Kier alpha value is -2.68. The van der Waals surface area contributed by atoms with Crippen molar-refractivity contribution in [3.63, 3.8) is 0 Å². The summed E-state index contributed by atoms with van der Waals surface area (Å²) < 4.78 is 6.98. The van der Waals surface area contributed by atoms with Crippen LogP contribution in [0.5, 0.6) is 11.5 Å². The average molecular weight is 490 g/mol. The first kappa shape index (κ1) is 18.7. The van der Waals surface area contributed by atoms with Crippen LogP contribution in [0.25, 0.3) is 16.6 Å². The third kappa shape index (κ3) is 2.99. The molecule has 2 aromatic carbocycles. The summed E-state index contributed by atoms with van der Waals surface area (Å²) in [5.41, 5.74) is 4.89. The standard InChI is InChI=1S/C21H21IN3O3/c1-4-13-7-16(20(27)9-19(13)26)18-10-22-23-21(28)25(18)14-5-6-17-15(8-14)12(2)11-24(17)3/h5-11,26-27H,4H2,1-3H3,(H,23,28)/q-1. The molecule has 1 aliphatic rings. The molecule has 7 heteroatoms. The Kier molecular flexibility index (Phi) is 4.70. The maximum absolute atomic E-state index is 12.8. The number of benzene rings is 2. The second-order valence-electron chi connectivity index (χ2n) is 6.81. The summed E-state index contributed by atoms with van der Waals surface area (Å²) in [7, 11) is 2.00. The van der Waals surface area contributed by atoms with Crippen LogP contribution in [0.4, 0.5) is 10.5 Å². The minimum absolute atomic E-state index is 0.0402. The van der Waals surface area contributed by atoms with Crippen LogP contribution in [0.3, 0.4) is 0 Å². The molecule has 0 radical (unpaired) electrons. The van der Waals surface area contributed by atoms with Crippen molar-refractivity contribution in [2.45, 2.75) is 20.3 Å². The van der Waals surface area contributed by atoms with Crippen molar-refractivity contribution in [2.75, 3.05) is 4.90 Å². The van der Waals surface area contributed by atoms with E-state index in [1.807, 2.05) is 43.2 Å². The molecule has 1 aliphatic heterocycles. The van der Waals surface area contributed by atoms with E-state index in [0.29, 0.717) is 17.7 Å². The Labute approximate surface area is 173 Å². The number of aromatic nitrogens is 1. The fraction of sp³-hybridized carbons (Fsp3) is 0.190. The van der Waals surface area contributed by atoms with E-state index in [1.54, 1.807) is 11.0 Å². The van der Waals surface area contributed by atoms with Gasteiger partial charge in [0.1, 0.15) is 0 Å². The van der Waals surface area contributed by atoms with Crippen molar-refractivity contribution in [2.24, 2.45) is 7.05 Å². The minimum atomic E-state index is -0.664. The molecule has 146 valence electrons.